The van der Waals surface area contributed by atoms with E-state index in [0.717, 1.165) is 22.8 Å². The molecule has 1 aliphatic carbocycles. The molecule has 0 amide bonds. The van der Waals surface area contributed by atoms with Crippen molar-refractivity contribution in [1.82, 2.24) is 14.8 Å². The Morgan fingerprint density at radius 3 is 2.72 bits per heavy atom. The van der Waals surface area contributed by atoms with Gasteiger partial charge in [0, 0.05) is 12.1 Å². The number of ether oxygens (including phenoxy) is 1. The minimum Gasteiger partial charge on any atom is -0.457 e. The monoisotopic (exact) mass is 386 g/mol. The van der Waals surface area contributed by atoms with E-state index in [4.69, 9.17) is 4.74 Å². The fourth-order valence-corrected chi connectivity index (χ4v) is 4.29. The lowest BCUT2D eigenvalue weighted by Crippen LogP contribution is -2.42. The van der Waals surface area contributed by atoms with E-state index in [1.54, 1.807) is 4.68 Å². The highest BCUT2D eigenvalue weighted by atomic mass is 16.5. The number of Topliss-reactive ketones (excluding diaryl/α,β-unsaturated/α-hetero) is 1. The van der Waals surface area contributed by atoms with E-state index in [-0.39, 0.29) is 23.2 Å². The average molecular weight is 386 g/mol. The van der Waals surface area contributed by atoms with E-state index in [2.05, 4.69) is 35.3 Å². The highest BCUT2D eigenvalue weighted by Crippen LogP contribution is 2.45. The highest BCUT2D eigenvalue weighted by Gasteiger charge is 2.44. The minimum absolute atomic E-state index is 0.180. The van der Waals surface area contributed by atoms with Gasteiger partial charge in [0.15, 0.2) is 0 Å². The molecule has 0 saturated heterocycles. The number of benzene rings is 2. The van der Waals surface area contributed by atoms with Gasteiger partial charge in [0.25, 0.3) is 0 Å². The predicted octanol–water partition coefficient (Wildman–Crippen LogP) is 4.58. The van der Waals surface area contributed by atoms with Gasteiger partial charge in [-0.05, 0) is 35.2 Å². The van der Waals surface area contributed by atoms with E-state index >= 15 is 0 Å². The van der Waals surface area contributed by atoms with Crippen molar-refractivity contribution in [2.75, 3.05) is 5.32 Å². The first-order valence-corrected chi connectivity index (χ1v) is 9.75. The van der Waals surface area contributed by atoms with Crippen LogP contribution in [0.3, 0.4) is 0 Å². The Morgan fingerprint density at radius 2 is 1.90 bits per heavy atom. The summed E-state index contributed by atoms with van der Waals surface area (Å²) in [5, 5.41) is 7.73. The van der Waals surface area contributed by atoms with Crippen LogP contribution in [0.4, 0.5) is 5.95 Å². The summed E-state index contributed by atoms with van der Waals surface area (Å²) in [5.41, 5.74) is 1.70. The predicted molar refractivity (Wildman–Crippen MR) is 110 cm³/mol. The van der Waals surface area contributed by atoms with Crippen molar-refractivity contribution in [3.8, 4) is 11.5 Å². The lowest BCUT2D eigenvalue weighted by molar-refractivity contribution is -0.125. The van der Waals surface area contributed by atoms with Gasteiger partial charge in [-0.1, -0.05) is 50.3 Å². The van der Waals surface area contributed by atoms with Gasteiger partial charge in [-0.25, -0.2) is 4.68 Å². The molecule has 5 rings (SSSR count). The maximum absolute atomic E-state index is 13.2. The molecule has 2 aliphatic rings. The zero-order valence-corrected chi connectivity index (χ0v) is 16.4. The fraction of sp³-hybridized carbons (Fsp3) is 0.261. The maximum atomic E-state index is 13.2. The van der Waals surface area contributed by atoms with E-state index in [1.807, 2.05) is 54.6 Å². The van der Waals surface area contributed by atoms with Crippen molar-refractivity contribution in [3.63, 3.8) is 0 Å². The number of para-hydroxylation sites is 1. The van der Waals surface area contributed by atoms with Crippen LogP contribution >= 0.6 is 0 Å². The number of hydrogen-bond donors (Lipinski definition) is 1. The van der Waals surface area contributed by atoms with Crippen LogP contribution in [-0.2, 0) is 4.79 Å². The Morgan fingerprint density at radius 1 is 1.10 bits per heavy atom. The molecule has 1 aromatic heterocycles. The Balaban J connectivity index is 1.58. The molecule has 29 heavy (non-hydrogen) atoms. The molecule has 0 spiro atoms. The molecule has 3 aromatic rings. The number of aromatic nitrogens is 3. The number of nitrogens with one attached hydrogen (secondary N) is 1. The quantitative estimate of drug-likeness (QED) is 0.713. The third-order valence-corrected chi connectivity index (χ3v) is 5.44. The second kappa shape index (κ2) is 6.58. The molecular formula is C23H22N4O2. The van der Waals surface area contributed by atoms with E-state index in [1.165, 1.54) is 6.33 Å². The van der Waals surface area contributed by atoms with Gasteiger partial charge in [0.1, 0.15) is 23.6 Å². The van der Waals surface area contributed by atoms with Crippen molar-refractivity contribution in [2.45, 2.75) is 26.3 Å². The molecule has 0 bridgehead atoms. The fourth-order valence-electron chi connectivity index (χ4n) is 4.29. The topological polar surface area (TPSA) is 69.0 Å². The van der Waals surface area contributed by atoms with Crippen LogP contribution in [0.25, 0.3) is 0 Å². The standard InChI is InChI=1S/C23H22N4O2/c1-23(2)12-18-20(19(28)13-23)21(27-22(26-18)24-14-25-27)15-7-6-10-17(11-15)29-16-8-4-3-5-9-16/h3-12,14,20-21H,13H2,1-2H3,(H,24,25,26)/t20-,21-/m1/s1. The summed E-state index contributed by atoms with van der Waals surface area (Å²) in [7, 11) is 0. The van der Waals surface area contributed by atoms with Gasteiger partial charge < -0.3 is 10.1 Å². The maximum Gasteiger partial charge on any atom is 0.226 e. The lowest BCUT2D eigenvalue weighted by atomic mass is 9.72. The molecule has 1 aliphatic heterocycles. The number of anilines is 1. The molecule has 6 heteroatoms. The average Bonchev–Trinajstić information content (AvgIpc) is 3.14. The molecular weight excluding hydrogens is 364 g/mol. The molecule has 0 fully saturated rings. The van der Waals surface area contributed by atoms with Crippen LogP contribution in [0.5, 0.6) is 11.5 Å². The number of allylic oxidation sites excluding steroid dienone is 2. The zero-order valence-electron chi connectivity index (χ0n) is 16.4. The number of fused-ring (bicyclic) bond motifs is 2. The summed E-state index contributed by atoms with van der Waals surface area (Å²) in [4.78, 5) is 17.5. The van der Waals surface area contributed by atoms with Gasteiger partial charge in [-0.2, -0.15) is 10.1 Å². The number of carbonyl (C=O) groups is 1. The second-order valence-electron chi connectivity index (χ2n) is 8.29. The van der Waals surface area contributed by atoms with Crippen LogP contribution in [0.1, 0.15) is 31.9 Å². The Hall–Kier alpha value is -3.41. The zero-order chi connectivity index (χ0) is 20.0. The molecule has 2 heterocycles. The lowest BCUT2D eigenvalue weighted by Gasteiger charge is -2.40. The van der Waals surface area contributed by atoms with Gasteiger partial charge in [0.05, 0.1) is 12.0 Å². The molecule has 2 aromatic carbocycles. The SMILES string of the molecule is CC1(C)C=C2Nc3ncnn3[C@H](c3cccc(Oc4ccccc4)c3)[C@H]2C(=O)C1. The Kier molecular flexibility index (Phi) is 4.01. The molecule has 0 radical (unpaired) electrons. The normalized spacial score (nSPS) is 22.1. The van der Waals surface area contributed by atoms with E-state index < -0.39 is 0 Å². The Labute approximate surface area is 169 Å². The summed E-state index contributed by atoms with van der Waals surface area (Å²) < 4.78 is 7.82. The summed E-state index contributed by atoms with van der Waals surface area (Å²) in [6.45, 7) is 4.16. The number of rotatable bonds is 3. The first kappa shape index (κ1) is 17.7. The van der Waals surface area contributed by atoms with Crippen molar-refractivity contribution < 1.29 is 9.53 Å². The van der Waals surface area contributed by atoms with Gasteiger partial charge in [-0.3, -0.25) is 4.79 Å². The molecule has 1 N–H and O–H groups in total. The Bertz CT molecular complexity index is 1100. The van der Waals surface area contributed by atoms with Crippen molar-refractivity contribution in [3.05, 3.63) is 78.3 Å². The van der Waals surface area contributed by atoms with Crippen molar-refractivity contribution in [2.24, 2.45) is 11.3 Å². The highest BCUT2D eigenvalue weighted by molar-refractivity contribution is 5.88. The van der Waals surface area contributed by atoms with Crippen molar-refractivity contribution >= 4 is 11.7 Å². The third kappa shape index (κ3) is 3.20. The molecule has 6 nitrogen and oxygen atoms in total. The second-order valence-corrected chi connectivity index (χ2v) is 8.29. The molecule has 0 unspecified atom stereocenters. The van der Waals surface area contributed by atoms with Crippen LogP contribution < -0.4 is 10.1 Å². The number of ketones is 1. The van der Waals surface area contributed by atoms with Crippen LogP contribution in [0.15, 0.2) is 72.7 Å². The first-order valence-electron chi connectivity index (χ1n) is 9.75. The largest absolute Gasteiger partial charge is 0.457 e. The van der Waals surface area contributed by atoms with E-state index in [9.17, 15) is 4.79 Å². The van der Waals surface area contributed by atoms with Crippen molar-refractivity contribution in [1.29, 1.82) is 0 Å². The summed E-state index contributed by atoms with van der Waals surface area (Å²) in [6.07, 6.45) is 4.19. The molecule has 146 valence electrons. The number of hydrogen-bond acceptors (Lipinski definition) is 5. The summed E-state index contributed by atoms with van der Waals surface area (Å²) in [5.74, 6) is 2.04. The third-order valence-electron chi connectivity index (χ3n) is 5.44. The van der Waals surface area contributed by atoms with Crippen LogP contribution in [0, 0.1) is 11.3 Å². The summed E-state index contributed by atoms with van der Waals surface area (Å²) in [6, 6.07) is 17.3. The van der Waals surface area contributed by atoms with E-state index in [0.29, 0.717) is 12.4 Å². The van der Waals surface area contributed by atoms with Crippen LogP contribution in [0.2, 0.25) is 0 Å². The van der Waals surface area contributed by atoms with Gasteiger partial charge in [0.2, 0.25) is 5.95 Å². The molecule has 2 atom stereocenters. The minimum atomic E-state index is -0.316. The number of nitrogens with zero attached hydrogens (tertiary/aromatic N) is 3. The number of carbonyl (C=O) groups excluding carboxylic acids is 1. The summed E-state index contributed by atoms with van der Waals surface area (Å²) >= 11 is 0. The van der Waals surface area contributed by atoms with Gasteiger partial charge >= 0.3 is 0 Å². The first-order chi connectivity index (χ1) is 14.0. The van der Waals surface area contributed by atoms with Crippen LogP contribution in [-0.4, -0.2) is 20.5 Å². The van der Waals surface area contributed by atoms with Gasteiger partial charge in [-0.15, -0.1) is 0 Å². The smallest absolute Gasteiger partial charge is 0.226 e. The molecule has 0 saturated carbocycles.